The monoisotopic (exact) mass is 305 g/mol. The van der Waals surface area contributed by atoms with E-state index in [1.54, 1.807) is 0 Å². The van der Waals surface area contributed by atoms with Crippen molar-refractivity contribution in [3.8, 4) is 0 Å². The van der Waals surface area contributed by atoms with E-state index in [1.165, 1.54) is 6.07 Å². The third-order valence-electron chi connectivity index (χ3n) is 2.57. The predicted octanol–water partition coefficient (Wildman–Crippen LogP) is 4.96. The summed E-state index contributed by atoms with van der Waals surface area (Å²) in [5.41, 5.74) is 0.336. The van der Waals surface area contributed by atoms with Crippen LogP contribution in [-0.2, 0) is 0 Å². The summed E-state index contributed by atoms with van der Waals surface area (Å²) in [7, 11) is 0. The van der Waals surface area contributed by atoms with Gasteiger partial charge in [0.1, 0.15) is 11.6 Å². The van der Waals surface area contributed by atoms with Crippen LogP contribution in [-0.4, -0.2) is 6.04 Å². The van der Waals surface area contributed by atoms with Gasteiger partial charge < -0.3 is 5.32 Å². The van der Waals surface area contributed by atoms with Crippen molar-refractivity contribution in [3.05, 3.63) is 28.2 Å². The molecule has 0 bridgehead atoms. The first-order chi connectivity index (χ1) is 7.90. The second-order valence-corrected chi connectivity index (χ2v) is 5.62. The van der Waals surface area contributed by atoms with Gasteiger partial charge in [-0.05, 0) is 47.7 Å². The minimum atomic E-state index is -0.574. The van der Waals surface area contributed by atoms with E-state index in [-0.39, 0.29) is 6.04 Å². The Morgan fingerprint density at radius 1 is 1.18 bits per heavy atom. The number of rotatable bonds is 5. The normalized spacial score (nSPS) is 12.9. The standard InChI is InChI=1S/C13H18BrF2N/c1-8(2)4-5-9(3)17-13-11(14)6-10(15)7-12(13)16/h6-9,17H,4-5H2,1-3H3. The Balaban J connectivity index is 2.68. The van der Waals surface area contributed by atoms with E-state index in [1.807, 2.05) is 6.92 Å². The third kappa shape index (κ3) is 4.62. The van der Waals surface area contributed by atoms with Crippen molar-refractivity contribution >= 4 is 21.6 Å². The average molecular weight is 306 g/mol. The maximum Gasteiger partial charge on any atom is 0.150 e. The Morgan fingerprint density at radius 3 is 2.35 bits per heavy atom. The van der Waals surface area contributed by atoms with Crippen LogP contribution in [0.25, 0.3) is 0 Å². The van der Waals surface area contributed by atoms with Crippen LogP contribution in [0.15, 0.2) is 16.6 Å². The first-order valence-electron chi connectivity index (χ1n) is 5.81. The molecule has 96 valence electrons. The van der Waals surface area contributed by atoms with Gasteiger partial charge in [0.25, 0.3) is 0 Å². The van der Waals surface area contributed by atoms with Crippen molar-refractivity contribution in [2.45, 2.75) is 39.7 Å². The summed E-state index contributed by atoms with van der Waals surface area (Å²) in [6.45, 7) is 6.31. The molecule has 1 aromatic rings. The molecule has 0 aliphatic heterocycles. The zero-order valence-corrected chi connectivity index (χ0v) is 11.9. The molecule has 1 nitrogen and oxygen atoms in total. The van der Waals surface area contributed by atoms with Gasteiger partial charge in [-0.2, -0.15) is 0 Å². The summed E-state index contributed by atoms with van der Waals surface area (Å²) in [4.78, 5) is 0. The Kier molecular flexibility index (Phi) is 5.37. The molecule has 0 spiro atoms. The number of hydrogen-bond acceptors (Lipinski definition) is 1. The molecule has 0 heterocycles. The lowest BCUT2D eigenvalue weighted by Gasteiger charge is -2.18. The smallest absolute Gasteiger partial charge is 0.150 e. The maximum absolute atomic E-state index is 13.5. The van der Waals surface area contributed by atoms with Crippen molar-refractivity contribution in [1.29, 1.82) is 0 Å². The lowest BCUT2D eigenvalue weighted by atomic mass is 10.0. The molecule has 0 aliphatic rings. The molecule has 1 atom stereocenters. The Hall–Kier alpha value is -0.640. The second kappa shape index (κ2) is 6.34. The summed E-state index contributed by atoms with van der Waals surface area (Å²) < 4.78 is 26.9. The molecule has 0 fully saturated rings. The summed E-state index contributed by atoms with van der Waals surface area (Å²) in [5.74, 6) is -0.510. The van der Waals surface area contributed by atoms with Gasteiger partial charge >= 0.3 is 0 Å². The second-order valence-electron chi connectivity index (χ2n) is 4.76. The molecule has 0 saturated heterocycles. The first kappa shape index (κ1) is 14.4. The fourth-order valence-electron chi connectivity index (χ4n) is 1.58. The molecule has 1 N–H and O–H groups in total. The lowest BCUT2D eigenvalue weighted by molar-refractivity contribution is 0.524. The molecular formula is C13H18BrF2N. The van der Waals surface area contributed by atoms with E-state index >= 15 is 0 Å². The van der Waals surface area contributed by atoms with Gasteiger partial charge in [-0.1, -0.05) is 13.8 Å². The predicted molar refractivity (Wildman–Crippen MR) is 71.2 cm³/mol. The largest absolute Gasteiger partial charge is 0.379 e. The number of benzene rings is 1. The van der Waals surface area contributed by atoms with Crippen molar-refractivity contribution in [2.75, 3.05) is 5.32 Å². The molecule has 0 aromatic heterocycles. The summed E-state index contributed by atoms with van der Waals surface area (Å²) in [5, 5.41) is 3.07. The van der Waals surface area contributed by atoms with E-state index in [2.05, 4.69) is 35.1 Å². The summed E-state index contributed by atoms with van der Waals surface area (Å²) >= 11 is 3.16. The quantitative estimate of drug-likeness (QED) is 0.810. The minimum Gasteiger partial charge on any atom is -0.379 e. The SMILES string of the molecule is CC(C)CCC(C)Nc1c(F)cc(F)cc1Br. The number of nitrogens with one attached hydrogen (secondary N) is 1. The van der Waals surface area contributed by atoms with Gasteiger partial charge in [0, 0.05) is 16.6 Å². The van der Waals surface area contributed by atoms with Crippen molar-refractivity contribution < 1.29 is 8.78 Å². The zero-order valence-electron chi connectivity index (χ0n) is 10.4. The number of anilines is 1. The molecular weight excluding hydrogens is 288 g/mol. The van der Waals surface area contributed by atoms with Crippen molar-refractivity contribution in [2.24, 2.45) is 5.92 Å². The highest BCUT2D eigenvalue weighted by molar-refractivity contribution is 9.10. The highest BCUT2D eigenvalue weighted by Gasteiger charge is 2.12. The molecule has 4 heteroatoms. The van der Waals surface area contributed by atoms with Gasteiger partial charge in [-0.3, -0.25) is 0 Å². The van der Waals surface area contributed by atoms with Crippen LogP contribution in [0.2, 0.25) is 0 Å². The van der Waals surface area contributed by atoms with Gasteiger partial charge in [-0.15, -0.1) is 0 Å². The maximum atomic E-state index is 13.5. The van der Waals surface area contributed by atoms with Crippen molar-refractivity contribution in [1.82, 2.24) is 0 Å². The topological polar surface area (TPSA) is 12.0 Å². The molecule has 0 saturated carbocycles. The van der Waals surface area contributed by atoms with Gasteiger partial charge in [-0.25, -0.2) is 8.78 Å². The highest BCUT2D eigenvalue weighted by atomic mass is 79.9. The summed E-state index contributed by atoms with van der Waals surface area (Å²) in [6.07, 6.45) is 2.04. The van der Waals surface area contributed by atoms with Crippen LogP contribution in [0.1, 0.15) is 33.6 Å². The lowest BCUT2D eigenvalue weighted by Crippen LogP contribution is -2.17. The van der Waals surface area contributed by atoms with E-state index in [0.717, 1.165) is 18.9 Å². The minimum absolute atomic E-state index is 0.161. The van der Waals surface area contributed by atoms with E-state index in [4.69, 9.17) is 0 Å². The Labute approximate surface area is 110 Å². The molecule has 0 radical (unpaired) electrons. The van der Waals surface area contributed by atoms with Crippen molar-refractivity contribution in [3.63, 3.8) is 0 Å². The van der Waals surface area contributed by atoms with Crippen LogP contribution in [0.5, 0.6) is 0 Å². The van der Waals surface area contributed by atoms with E-state index < -0.39 is 11.6 Å². The Morgan fingerprint density at radius 2 is 1.82 bits per heavy atom. The first-order valence-corrected chi connectivity index (χ1v) is 6.60. The van der Waals surface area contributed by atoms with Crippen LogP contribution in [0.4, 0.5) is 14.5 Å². The average Bonchev–Trinajstić information content (AvgIpc) is 2.20. The summed E-state index contributed by atoms with van der Waals surface area (Å²) in [6, 6.07) is 2.32. The van der Waals surface area contributed by atoms with Crippen LogP contribution < -0.4 is 5.32 Å². The molecule has 0 amide bonds. The Bertz CT molecular complexity index is 357. The highest BCUT2D eigenvalue weighted by Crippen LogP contribution is 2.28. The fraction of sp³-hybridized carbons (Fsp3) is 0.538. The molecule has 0 aliphatic carbocycles. The molecule has 1 unspecified atom stereocenters. The molecule has 1 aromatic carbocycles. The molecule has 17 heavy (non-hydrogen) atoms. The van der Waals surface area contributed by atoms with Crippen LogP contribution in [0.3, 0.4) is 0 Å². The van der Waals surface area contributed by atoms with Gasteiger partial charge in [0.05, 0.1) is 5.69 Å². The number of hydrogen-bond donors (Lipinski definition) is 1. The molecule has 1 rings (SSSR count). The van der Waals surface area contributed by atoms with Crippen LogP contribution in [0, 0.1) is 17.6 Å². The van der Waals surface area contributed by atoms with Gasteiger partial charge in [0.2, 0.25) is 0 Å². The number of halogens is 3. The zero-order chi connectivity index (χ0) is 13.0. The van der Waals surface area contributed by atoms with Gasteiger partial charge in [0.15, 0.2) is 0 Å². The van der Waals surface area contributed by atoms with E-state index in [9.17, 15) is 8.78 Å². The fourth-order valence-corrected chi connectivity index (χ4v) is 2.10. The third-order valence-corrected chi connectivity index (χ3v) is 3.20. The van der Waals surface area contributed by atoms with E-state index in [0.29, 0.717) is 16.1 Å². The van der Waals surface area contributed by atoms with Crippen LogP contribution >= 0.6 is 15.9 Å².